The zero-order valence-corrected chi connectivity index (χ0v) is 26.2. The Bertz CT molecular complexity index is 1060. The van der Waals surface area contributed by atoms with Gasteiger partial charge in [-0.3, -0.25) is 9.69 Å². The molecule has 1 saturated heterocycles. The Balaban J connectivity index is 1.81. The third-order valence-corrected chi connectivity index (χ3v) is 7.93. The first-order valence-electron chi connectivity index (χ1n) is 14.5. The van der Waals surface area contributed by atoms with E-state index in [2.05, 4.69) is 80.5 Å². The largest absolute Gasteiger partial charge is 0.368 e. The molecule has 1 heterocycles. The van der Waals surface area contributed by atoms with Crippen LogP contribution >= 0.6 is 23.2 Å². The molecule has 0 saturated carbocycles. The molecule has 2 aromatic rings. The lowest BCUT2D eigenvalue weighted by Crippen LogP contribution is -2.56. The topological polar surface area (TPSA) is 52.8 Å². The van der Waals surface area contributed by atoms with Crippen LogP contribution in [-0.4, -0.2) is 61.0 Å². The first kappa shape index (κ1) is 31.7. The minimum Gasteiger partial charge on any atom is -0.368 e. The zero-order chi connectivity index (χ0) is 28.7. The van der Waals surface area contributed by atoms with Crippen molar-refractivity contribution >= 4 is 34.8 Å². The maximum Gasteiger partial charge on any atom is 0.240 e. The van der Waals surface area contributed by atoms with Gasteiger partial charge < -0.3 is 15.5 Å². The number of carbonyl (C=O) groups is 1. The van der Waals surface area contributed by atoms with Crippen molar-refractivity contribution in [2.75, 3.05) is 44.2 Å². The van der Waals surface area contributed by atoms with Crippen molar-refractivity contribution in [3.05, 3.63) is 63.6 Å². The molecule has 2 N–H and O–H groups in total. The number of nitrogens with zero attached hydrogens (tertiary/aromatic N) is 3. The van der Waals surface area contributed by atoms with Gasteiger partial charge in [-0.05, 0) is 59.9 Å². The summed E-state index contributed by atoms with van der Waals surface area (Å²) in [6.45, 7) is 18.0. The van der Waals surface area contributed by atoms with Crippen molar-refractivity contribution in [2.24, 2.45) is 23.5 Å². The molecule has 3 rings (SSSR count). The predicted molar refractivity (Wildman–Crippen MR) is 167 cm³/mol. The van der Waals surface area contributed by atoms with E-state index < -0.39 is 0 Å². The first-order chi connectivity index (χ1) is 18.5. The SMILES string of the molecule is CC(C)CC(N)c1ccccc1N1CCN(C(=O)[C@@H](Cc2ccc(Cl)cc2Cl)N(CC(C)C)CC(C)C)CC1. The second-order valence-electron chi connectivity index (χ2n) is 12.3. The highest BCUT2D eigenvalue weighted by molar-refractivity contribution is 6.35. The molecule has 0 bridgehead atoms. The van der Waals surface area contributed by atoms with Crippen LogP contribution in [0, 0.1) is 17.8 Å². The summed E-state index contributed by atoms with van der Waals surface area (Å²) < 4.78 is 0. The van der Waals surface area contributed by atoms with Gasteiger partial charge in [0.1, 0.15) is 0 Å². The average molecular weight is 576 g/mol. The van der Waals surface area contributed by atoms with Gasteiger partial charge in [0, 0.05) is 61.0 Å². The highest BCUT2D eigenvalue weighted by Crippen LogP contribution is 2.30. The van der Waals surface area contributed by atoms with Crippen molar-refractivity contribution in [1.82, 2.24) is 9.80 Å². The fraction of sp³-hybridized carbons (Fsp3) is 0.594. The number of hydrogen-bond acceptors (Lipinski definition) is 4. The Labute approximate surface area is 246 Å². The van der Waals surface area contributed by atoms with Gasteiger partial charge in [-0.1, -0.05) is 89.0 Å². The minimum atomic E-state index is -0.272. The molecule has 7 heteroatoms. The van der Waals surface area contributed by atoms with Crippen LogP contribution in [0.1, 0.15) is 65.1 Å². The molecule has 216 valence electrons. The van der Waals surface area contributed by atoms with Crippen molar-refractivity contribution in [1.29, 1.82) is 0 Å². The normalized spacial score (nSPS) is 16.0. The summed E-state index contributed by atoms with van der Waals surface area (Å²) in [4.78, 5) is 21.0. The van der Waals surface area contributed by atoms with E-state index in [0.717, 1.165) is 38.2 Å². The summed E-state index contributed by atoms with van der Waals surface area (Å²) >= 11 is 12.8. The van der Waals surface area contributed by atoms with Crippen molar-refractivity contribution < 1.29 is 4.79 Å². The van der Waals surface area contributed by atoms with E-state index in [-0.39, 0.29) is 18.0 Å². The van der Waals surface area contributed by atoms with Gasteiger partial charge in [0.05, 0.1) is 6.04 Å². The molecule has 0 aromatic heterocycles. The monoisotopic (exact) mass is 574 g/mol. The molecule has 39 heavy (non-hydrogen) atoms. The van der Waals surface area contributed by atoms with E-state index in [4.69, 9.17) is 28.9 Å². The Kier molecular flexibility index (Phi) is 12.0. The van der Waals surface area contributed by atoms with Gasteiger partial charge in [0.2, 0.25) is 5.91 Å². The number of benzene rings is 2. The van der Waals surface area contributed by atoms with Crippen LogP contribution in [0.25, 0.3) is 0 Å². The highest BCUT2D eigenvalue weighted by Gasteiger charge is 2.33. The molecular weight excluding hydrogens is 527 g/mol. The molecule has 2 atom stereocenters. The van der Waals surface area contributed by atoms with Gasteiger partial charge >= 0.3 is 0 Å². The summed E-state index contributed by atoms with van der Waals surface area (Å²) in [5.74, 6) is 1.62. The number of rotatable bonds is 12. The van der Waals surface area contributed by atoms with Crippen molar-refractivity contribution in [3.8, 4) is 0 Å². The van der Waals surface area contributed by atoms with Gasteiger partial charge in [-0.15, -0.1) is 0 Å². The van der Waals surface area contributed by atoms with Gasteiger partial charge in [-0.2, -0.15) is 0 Å². The van der Waals surface area contributed by atoms with Crippen LogP contribution in [0.3, 0.4) is 0 Å². The highest BCUT2D eigenvalue weighted by atomic mass is 35.5. The maximum absolute atomic E-state index is 14.2. The van der Waals surface area contributed by atoms with Crippen molar-refractivity contribution in [2.45, 2.75) is 66.5 Å². The first-order valence-corrected chi connectivity index (χ1v) is 15.3. The van der Waals surface area contributed by atoms with Gasteiger partial charge in [-0.25, -0.2) is 0 Å². The second kappa shape index (κ2) is 14.7. The molecule has 1 aliphatic rings. The average Bonchev–Trinajstić information content (AvgIpc) is 2.86. The number of nitrogens with two attached hydrogens (primary N) is 1. The summed E-state index contributed by atoms with van der Waals surface area (Å²) in [6, 6.07) is 13.8. The van der Waals surface area contributed by atoms with E-state index in [1.165, 1.54) is 11.3 Å². The van der Waals surface area contributed by atoms with E-state index in [1.54, 1.807) is 6.07 Å². The lowest BCUT2D eigenvalue weighted by Gasteiger charge is -2.41. The summed E-state index contributed by atoms with van der Waals surface area (Å²) in [7, 11) is 0. The Morgan fingerprint density at radius 3 is 2.08 bits per heavy atom. The quantitative estimate of drug-likeness (QED) is 0.299. The van der Waals surface area contributed by atoms with Crippen LogP contribution in [0.4, 0.5) is 5.69 Å². The number of para-hydroxylation sites is 1. The van der Waals surface area contributed by atoms with Crippen LogP contribution in [-0.2, 0) is 11.2 Å². The fourth-order valence-electron chi connectivity index (χ4n) is 5.64. The number of amides is 1. The number of carbonyl (C=O) groups excluding carboxylic acids is 1. The smallest absolute Gasteiger partial charge is 0.240 e. The van der Waals surface area contributed by atoms with E-state index in [9.17, 15) is 4.79 Å². The molecule has 0 spiro atoms. The van der Waals surface area contributed by atoms with Crippen LogP contribution in [0.5, 0.6) is 0 Å². The maximum atomic E-state index is 14.2. The molecule has 1 amide bonds. The number of anilines is 1. The predicted octanol–water partition coefficient (Wildman–Crippen LogP) is 6.91. The summed E-state index contributed by atoms with van der Waals surface area (Å²) in [6.07, 6.45) is 1.52. The molecule has 1 unspecified atom stereocenters. The lowest BCUT2D eigenvalue weighted by atomic mass is 9.96. The minimum absolute atomic E-state index is 0.00925. The molecule has 1 fully saturated rings. The standard InChI is InChI=1S/C32H48Cl2N4O/c1-22(2)17-29(35)27-9-7-8-10-30(27)36-13-15-37(16-14-36)32(39)31(38(20-23(3)4)21-24(5)6)18-25-11-12-26(33)19-28(25)34/h7-12,19,22-24,29,31H,13-18,20-21,35H2,1-6H3/t29?,31-/m1/s1. The molecule has 1 aliphatic heterocycles. The fourth-order valence-corrected chi connectivity index (χ4v) is 6.12. The van der Waals surface area contributed by atoms with Gasteiger partial charge in [0.25, 0.3) is 0 Å². The lowest BCUT2D eigenvalue weighted by molar-refractivity contribution is -0.137. The second-order valence-corrected chi connectivity index (χ2v) is 13.1. The van der Waals surface area contributed by atoms with Gasteiger partial charge in [0.15, 0.2) is 0 Å². The summed E-state index contributed by atoms with van der Waals surface area (Å²) in [5.41, 5.74) is 9.97. The number of piperazine rings is 1. The van der Waals surface area contributed by atoms with E-state index in [0.29, 0.717) is 47.3 Å². The van der Waals surface area contributed by atoms with Crippen molar-refractivity contribution in [3.63, 3.8) is 0 Å². The van der Waals surface area contributed by atoms with E-state index >= 15 is 0 Å². The third kappa shape index (κ3) is 9.11. The van der Waals surface area contributed by atoms with Crippen LogP contribution < -0.4 is 10.6 Å². The van der Waals surface area contributed by atoms with Crippen LogP contribution in [0.2, 0.25) is 10.0 Å². The third-order valence-electron chi connectivity index (χ3n) is 7.35. The Hall–Kier alpha value is -1.79. The van der Waals surface area contributed by atoms with E-state index in [1.807, 2.05) is 12.1 Å². The molecule has 2 aromatic carbocycles. The van der Waals surface area contributed by atoms with Crippen LogP contribution in [0.15, 0.2) is 42.5 Å². The summed E-state index contributed by atoms with van der Waals surface area (Å²) in [5, 5.41) is 1.23. The zero-order valence-electron chi connectivity index (χ0n) is 24.7. The molecule has 0 radical (unpaired) electrons. The molecule has 5 nitrogen and oxygen atoms in total. The Morgan fingerprint density at radius 1 is 0.897 bits per heavy atom. The number of hydrogen-bond donors (Lipinski definition) is 1. The molecular formula is C32H48Cl2N4O. The number of halogens is 2. The molecule has 0 aliphatic carbocycles. The Morgan fingerprint density at radius 2 is 1.51 bits per heavy atom.